The number of aromatic nitrogens is 3. The van der Waals surface area contributed by atoms with Gasteiger partial charge in [0.05, 0.1) is 22.5 Å². The van der Waals surface area contributed by atoms with Crippen molar-refractivity contribution in [3.05, 3.63) is 79.5 Å². The van der Waals surface area contributed by atoms with Gasteiger partial charge in [0.25, 0.3) is 0 Å². The van der Waals surface area contributed by atoms with Gasteiger partial charge in [0.2, 0.25) is 5.89 Å². The first-order chi connectivity index (χ1) is 17.5. The van der Waals surface area contributed by atoms with Crippen LogP contribution in [-0.4, -0.2) is 26.2 Å². The van der Waals surface area contributed by atoms with Crippen LogP contribution in [0.25, 0.3) is 11.0 Å². The number of hydrogen-bond acceptors (Lipinski definition) is 8. The van der Waals surface area contributed by atoms with Gasteiger partial charge in [0.15, 0.2) is 16.9 Å². The van der Waals surface area contributed by atoms with Crippen LogP contribution in [0.1, 0.15) is 76.9 Å². The lowest BCUT2D eigenvalue weighted by Gasteiger charge is -2.67. The number of benzene rings is 1. The van der Waals surface area contributed by atoms with Gasteiger partial charge in [-0.15, -0.1) is 0 Å². The molecule has 4 aromatic rings. The number of pyridine rings is 1. The number of hydrogen-bond donors (Lipinski definition) is 2. The van der Waals surface area contributed by atoms with Crippen molar-refractivity contribution in [1.82, 2.24) is 15.1 Å². The number of nitrogens with zero attached hydrogens (tertiary/aromatic N) is 3. The lowest BCUT2D eigenvalue weighted by molar-refractivity contribution is -0.102. The first-order valence-corrected chi connectivity index (χ1v) is 12.5. The number of anilines is 1. The Labute approximate surface area is 216 Å². The minimum absolute atomic E-state index is 0.0554. The summed E-state index contributed by atoms with van der Waals surface area (Å²) >= 11 is 5.91. The molecule has 3 aliphatic carbocycles. The van der Waals surface area contributed by atoms with E-state index in [1.54, 1.807) is 13.0 Å². The van der Waals surface area contributed by atoms with Crippen molar-refractivity contribution in [2.45, 2.75) is 63.8 Å². The van der Waals surface area contributed by atoms with Crippen LogP contribution < -0.4 is 10.7 Å². The second kappa shape index (κ2) is 7.89. The highest BCUT2D eigenvalue weighted by atomic mass is 35.5. The first-order valence-electron chi connectivity index (χ1n) is 12.1. The summed E-state index contributed by atoms with van der Waals surface area (Å²) in [5, 5.41) is 17.3. The van der Waals surface area contributed by atoms with E-state index >= 15 is 0 Å². The quantitative estimate of drug-likeness (QED) is 0.321. The minimum Gasteiger partial charge on any atom is -0.476 e. The molecule has 0 spiro atoms. The molecule has 3 saturated carbocycles. The van der Waals surface area contributed by atoms with Crippen molar-refractivity contribution in [3.63, 3.8) is 0 Å². The molecule has 3 aliphatic rings. The van der Waals surface area contributed by atoms with E-state index in [1.165, 1.54) is 6.07 Å². The van der Waals surface area contributed by atoms with Crippen molar-refractivity contribution < 1.29 is 18.8 Å². The van der Waals surface area contributed by atoms with Crippen LogP contribution >= 0.6 is 11.6 Å². The summed E-state index contributed by atoms with van der Waals surface area (Å²) in [5.41, 5.74) is 2.51. The molecule has 0 aliphatic heterocycles. The number of carboxylic acids is 1. The predicted octanol–water partition coefficient (Wildman–Crippen LogP) is 5.39. The van der Waals surface area contributed by atoms with Crippen LogP contribution in [-0.2, 0) is 10.8 Å². The van der Waals surface area contributed by atoms with E-state index in [2.05, 4.69) is 20.4 Å². The topological polar surface area (TPSA) is 131 Å². The Kier molecular flexibility index (Phi) is 5.04. The maximum absolute atomic E-state index is 13.5. The van der Waals surface area contributed by atoms with E-state index in [4.69, 9.17) is 20.5 Å². The number of aromatic carboxylic acids is 1. The van der Waals surface area contributed by atoms with E-state index in [0.717, 1.165) is 30.4 Å². The lowest BCUT2D eigenvalue weighted by atomic mass is 9.34. The van der Waals surface area contributed by atoms with E-state index in [0.29, 0.717) is 39.7 Å². The Morgan fingerprint density at radius 3 is 2.51 bits per heavy atom. The monoisotopic (exact) mass is 520 g/mol. The summed E-state index contributed by atoms with van der Waals surface area (Å²) in [7, 11) is 0. The molecule has 37 heavy (non-hydrogen) atoms. The Balaban J connectivity index is 1.40. The Morgan fingerprint density at radius 2 is 1.86 bits per heavy atom. The van der Waals surface area contributed by atoms with E-state index in [9.17, 15) is 14.7 Å². The molecular weight excluding hydrogens is 496 g/mol. The van der Waals surface area contributed by atoms with Crippen LogP contribution in [0.4, 0.5) is 5.69 Å². The van der Waals surface area contributed by atoms with Gasteiger partial charge in [0.1, 0.15) is 16.5 Å². The van der Waals surface area contributed by atoms with E-state index in [1.807, 2.05) is 32.9 Å². The highest BCUT2D eigenvalue weighted by Gasteiger charge is 2.73. The molecule has 10 heteroatoms. The molecule has 190 valence electrons. The molecule has 2 N–H and O–H groups in total. The third-order valence-electron chi connectivity index (χ3n) is 7.79. The second-order valence-corrected chi connectivity index (χ2v) is 10.9. The zero-order chi connectivity index (χ0) is 26.3. The fourth-order valence-corrected chi connectivity index (χ4v) is 6.34. The van der Waals surface area contributed by atoms with Crippen LogP contribution in [0, 0.1) is 20.8 Å². The molecule has 3 fully saturated rings. The summed E-state index contributed by atoms with van der Waals surface area (Å²) < 4.78 is 12.0. The Morgan fingerprint density at radius 1 is 1.14 bits per heavy atom. The van der Waals surface area contributed by atoms with Crippen LogP contribution in [0.15, 0.2) is 38.0 Å². The highest BCUT2D eigenvalue weighted by Crippen LogP contribution is 2.74. The summed E-state index contributed by atoms with van der Waals surface area (Å²) in [6, 6.07) is 6.52. The minimum atomic E-state index is -1.19. The van der Waals surface area contributed by atoms with Crippen molar-refractivity contribution in [2.75, 3.05) is 5.32 Å². The van der Waals surface area contributed by atoms with E-state index < -0.39 is 5.97 Å². The summed E-state index contributed by atoms with van der Waals surface area (Å²) in [6.07, 6.45) is 2.39. The number of carboxylic acid groups (broad SMARTS) is 1. The molecule has 2 bridgehead atoms. The average Bonchev–Trinajstić information content (AvgIpc) is 3.22. The number of halogens is 1. The molecule has 0 amide bonds. The number of rotatable bonds is 6. The molecule has 0 saturated heterocycles. The molecule has 3 aromatic heterocycles. The van der Waals surface area contributed by atoms with Crippen molar-refractivity contribution in [3.8, 4) is 0 Å². The maximum atomic E-state index is 13.5. The van der Waals surface area contributed by atoms with Gasteiger partial charge in [-0.25, -0.2) is 9.78 Å². The van der Waals surface area contributed by atoms with Gasteiger partial charge in [-0.2, -0.15) is 4.98 Å². The number of aryl methyl sites for hydroxylation is 2. The largest absolute Gasteiger partial charge is 0.476 e. The van der Waals surface area contributed by atoms with Crippen LogP contribution in [0.3, 0.4) is 0 Å². The van der Waals surface area contributed by atoms with Gasteiger partial charge in [-0.1, -0.05) is 22.8 Å². The van der Waals surface area contributed by atoms with Gasteiger partial charge in [0, 0.05) is 16.5 Å². The molecule has 1 aromatic carbocycles. The molecule has 0 unspecified atom stereocenters. The number of nitrogens with one attached hydrogen (secondary N) is 1. The van der Waals surface area contributed by atoms with Gasteiger partial charge >= 0.3 is 5.97 Å². The van der Waals surface area contributed by atoms with Crippen molar-refractivity contribution >= 4 is 34.2 Å². The standard InChI is InChI=1S/C27H25ClN4O5/c1-12-7-16(14(3)29-18-5-6-19(28)31-20(18)24(34)35)22-17(8-12)21(33)13(2)23(36-22)26-9-27(10-26,11-26)25-30-15(4)32-37-25/h5-8,14,29H,9-11H2,1-4H3,(H,34,35)/t14-,26?,27?/m1/s1. The molecular formula is C27H25ClN4O5. The third-order valence-corrected chi connectivity index (χ3v) is 8.00. The smallest absolute Gasteiger partial charge is 0.356 e. The summed E-state index contributed by atoms with van der Waals surface area (Å²) in [4.78, 5) is 33.7. The Bertz CT molecular complexity index is 1650. The SMILES string of the molecule is Cc1cc([C@@H](C)Nc2ccc(Cl)nc2C(=O)O)c2oc(C34CC(c5nc(C)no5)(C3)C4)c(C)c(=O)c2c1. The summed E-state index contributed by atoms with van der Waals surface area (Å²) in [5.74, 6) is 0.794. The van der Waals surface area contributed by atoms with Crippen LogP contribution in [0.5, 0.6) is 0 Å². The predicted molar refractivity (Wildman–Crippen MR) is 136 cm³/mol. The zero-order valence-corrected chi connectivity index (χ0v) is 21.6. The molecule has 7 rings (SSSR count). The van der Waals surface area contributed by atoms with Gasteiger partial charge in [-0.3, -0.25) is 4.79 Å². The van der Waals surface area contributed by atoms with Gasteiger partial charge in [-0.05, 0) is 70.7 Å². The van der Waals surface area contributed by atoms with Crippen molar-refractivity contribution in [2.24, 2.45) is 0 Å². The normalized spacial score (nSPS) is 22.8. The molecule has 1 atom stereocenters. The average molecular weight is 521 g/mol. The van der Waals surface area contributed by atoms with E-state index in [-0.39, 0.29) is 33.1 Å². The lowest BCUT2D eigenvalue weighted by Crippen LogP contribution is -2.67. The molecule has 3 heterocycles. The van der Waals surface area contributed by atoms with Gasteiger partial charge < -0.3 is 19.4 Å². The van der Waals surface area contributed by atoms with Crippen molar-refractivity contribution in [1.29, 1.82) is 0 Å². The Hall–Kier alpha value is -3.72. The first kappa shape index (κ1) is 23.7. The second-order valence-electron chi connectivity index (χ2n) is 10.6. The fraction of sp³-hybridized carbons (Fsp3) is 0.370. The highest BCUT2D eigenvalue weighted by molar-refractivity contribution is 6.29. The zero-order valence-electron chi connectivity index (χ0n) is 20.8. The van der Waals surface area contributed by atoms with Crippen LogP contribution in [0.2, 0.25) is 5.15 Å². The fourth-order valence-electron chi connectivity index (χ4n) is 6.19. The molecule has 9 nitrogen and oxygen atoms in total. The maximum Gasteiger partial charge on any atom is 0.356 e. The third kappa shape index (κ3) is 3.48. The number of carbonyl (C=O) groups is 1. The number of fused-ring (bicyclic) bond motifs is 1. The summed E-state index contributed by atoms with van der Waals surface area (Å²) in [6.45, 7) is 7.44. The molecule has 0 radical (unpaired) electrons.